The highest BCUT2D eigenvalue weighted by molar-refractivity contribution is 5.12. The van der Waals surface area contributed by atoms with Crippen molar-refractivity contribution in [1.82, 2.24) is 9.80 Å². The lowest BCUT2D eigenvalue weighted by molar-refractivity contribution is -0.166. The molecule has 0 aromatic carbocycles. The Morgan fingerprint density at radius 2 is 0.552 bits per heavy atom. The number of hydrogen-bond donors (Lipinski definition) is 0. The summed E-state index contributed by atoms with van der Waals surface area (Å²) >= 11 is 0. The fourth-order valence-electron chi connectivity index (χ4n) is 21.6. The first-order valence-corrected chi connectivity index (χ1v) is 28.3. The van der Waals surface area contributed by atoms with Crippen LogP contribution < -0.4 is 0 Å². The number of hydrogen-bond acceptors (Lipinski definition) is 2. The third-order valence-electron chi connectivity index (χ3n) is 23.3. The molecule has 0 amide bonds. The molecule has 12 aliphatic carbocycles. The molecule has 326 valence electrons. The van der Waals surface area contributed by atoms with Crippen LogP contribution in [0, 0.1) is 82.9 Å². The van der Waals surface area contributed by atoms with Gasteiger partial charge in [-0.3, -0.25) is 9.80 Å². The van der Waals surface area contributed by atoms with Crippen LogP contribution in [-0.4, -0.2) is 46.1 Å². The quantitative estimate of drug-likeness (QED) is 0.264. The predicted molar refractivity (Wildman–Crippen MR) is 241 cm³/mol. The smallest absolute Gasteiger partial charge is 0.0135 e. The zero-order valence-corrected chi connectivity index (χ0v) is 37.9. The van der Waals surface area contributed by atoms with Crippen molar-refractivity contribution in [3.63, 3.8) is 0 Å². The molecule has 0 aromatic rings. The van der Waals surface area contributed by atoms with Crippen LogP contribution >= 0.6 is 0 Å². The van der Waals surface area contributed by atoms with Gasteiger partial charge in [0.1, 0.15) is 0 Å². The highest BCUT2D eigenvalue weighted by atomic mass is 15.2. The maximum atomic E-state index is 3.57. The molecular weight excluding hydrogens is 701 g/mol. The number of fused-ring (bicyclic) bond motifs is 6. The van der Waals surface area contributed by atoms with Crippen molar-refractivity contribution in [2.75, 3.05) is 0 Å². The van der Waals surface area contributed by atoms with E-state index in [1.807, 2.05) is 0 Å². The Bertz CT molecular complexity index is 1260. The van der Waals surface area contributed by atoms with Gasteiger partial charge < -0.3 is 0 Å². The first-order chi connectivity index (χ1) is 28.8. The highest BCUT2D eigenvalue weighted by Gasteiger charge is 2.60. The Morgan fingerprint density at radius 3 is 0.983 bits per heavy atom. The molecule has 2 nitrogen and oxygen atoms in total. The first-order valence-electron chi connectivity index (χ1n) is 28.3. The zero-order valence-electron chi connectivity index (χ0n) is 37.9. The Kier molecular flexibility index (Phi) is 11.7. The van der Waals surface area contributed by atoms with Crippen LogP contribution in [0.1, 0.15) is 231 Å². The minimum Gasteiger partial charge on any atom is -0.294 e. The monoisotopic (exact) mass is 793 g/mol. The molecule has 0 saturated heterocycles. The molecular formula is C56H92N2. The summed E-state index contributed by atoms with van der Waals surface area (Å²) in [7, 11) is 0. The van der Waals surface area contributed by atoms with E-state index < -0.39 is 0 Å². The summed E-state index contributed by atoms with van der Waals surface area (Å²) < 4.78 is 0. The third kappa shape index (κ3) is 6.94. The minimum absolute atomic E-state index is 0.930. The maximum Gasteiger partial charge on any atom is 0.0135 e. The Labute approximate surface area is 358 Å². The predicted octanol–water partition coefficient (Wildman–Crippen LogP) is 14.6. The SMILES string of the molecule is C1CCC(N(C2CC3CCCCC3C3CCCCC32)C2CCC3CCC4C5C(CCC2C35)CCC4N(C2CCCCC2)C2CC3CCCCC3C3CCCCC32)CC1. The average Bonchev–Trinajstić information content (AvgIpc) is 3.30. The Morgan fingerprint density at radius 1 is 0.207 bits per heavy atom. The van der Waals surface area contributed by atoms with E-state index in [1.165, 1.54) is 38.5 Å². The summed E-state index contributed by atoms with van der Waals surface area (Å²) in [6, 6.07) is 5.64. The average molecular weight is 793 g/mol. The summed E-state index contributed by atoms with van der Waals surface area (Å²) in [5.41, 5.74) is 0. The van der Waals surface area contributed by atoms with Gasteiger partial charge >= 0.3 is 0 Å². The van der Waals surface area contributed by atoms with Crippen molar-refractivity contribution >= 4 is 0 Å². The minimum atomic E-state index is 0.930. The van der Waals surface area contributed by atoms with Crippen LogP contribution in [0.2, 0.25) is 0 Å². The van der Waals surface area contributed by atoms with Gasteiger partial charge in [0, 0.05) is 36.3 Å². The van der Waals surface area contributed by atoms with Crippen LogP contribution in [0.15, 0.2) is 0 Å². The van der Waals surface area contributed by atoms with Crippen molar-refractivity contribution in [1.29, 1.82) is 0 Å². The van der Waals surface area contributed by atoms with E-state index in [9.17, 15) is 0 Å². The molecule has 0 radical (unpaired) electrons. The van der Waals surface area contributed by atoms with E-state index in [2.05, 4.69) is 9.80 Å². The standard InChI is InChI=1S/C56H92N2/c1-3-17-41(18-4-1)57(53-35-39-15-7-9-21-43(39)45-23-11-13-25-47(45)53)51-33-29-37-28-32-50-52(34-30-38-27-31-49(51)55(37)56(38)50)58(42-19-5-2-6-20-42)54-36-40-16-8-10-22-44(40)46-24-12-14-26-48(46)54/h37-56H,1-36H2. The van der Waals surface area contributed by atoms with Crippen LogP contribution in [0.25, 0.3) is 0 Å². The van der Waals surface area contributed by atoms with Crippen LogP contribution in [0.3, 0.4) is 0 Å². The number of nitrogens with zero attached hydrogens (tertiary/aromatic N) is 2. The molecule has 58 heavy (non-hydrogen) atoms. The second kappa shape index (κ2) is 17.1. The molecule has 0 heterocycles. The van der Waals surface area contributed by atoms with E-state index in [0.717, 1.165) is 119 Å². The molecule has 12 fully saturated rings. The molecule has 0 aromatic heterocycles. The van der Waals surface area contributed by atoms with Crippen molar-refractivity contribution in [2.24, 2.45) is 82.9 Å². The lowest BCUT2D eigenvalue weighted by Crippen LogP contribution is -2.66. The van der Waals surface area contributed by atoms with Crippen LogP contribution in [-0.2, 0) is 0 Å². The van der Waals surface area contributed by atoms with Gasteiger partial charge in [0.05, 0.1) is 0 Å². The second-order valence-electron chi connectivity index (χ2n) is 25.2. The molecule has 0 spiro atoms. The highest BCUT2D eigenvalue weighted by Crippen LogP contribution is 2.64. The van der Waals surface area contributed by atoms with Crippen molar-refractivity contribution < 1.29 is 0 Å². The first kappa shape index (κ1) is 39.5. The summed E-state index contributed by atoms with van der Waals surface area (Å²) in [5.74, 6) is 15.1. The lowest BCUT2D eigenvalue weighted by Gasteiger charge is -2.66. The van der Waals surface area contributed by atoms with Gasteiger partial charge in [0.15, 0.2) is 0 Å². The van der Waals surface area contributed by atoms with Gasteiger partial charge in [0.25, 0.3) is 0 Å². The fraction of sp³-hybridized carbons (Fsp3) is 1.00. The second-order valence-corrected chi connectivity index (χ2v) is 25.2. The van der Waals surface area contributed by atoms with Crippen molar-refractivity contribution in [3.8, 4) is 0 Å². The summed E-state index contributed by atoms with van der Waals surface area (Å²) in [6.45, 7) is 0. The molecule has 0 aliphatic heterocycles. The normalized spacial score (nSPS) is 51.2. The van der Waals surface area contributed by atoms with Gasteiger partial charge in [0.2, 0.25) is 0 Å². The third-order valence-corrected chi connectivity index (χ3v) is 23.3. The van der Waals surface area contributed by atoms with Gasteiger partial charge in [-0.1, -0.05) is 103 Å². The summed E-state index contributed by atoms with van der Waals surface area (Å²) in [5, 5.41) is 0. The lowest BCUT2D eigenvalue weighted by atomic mass is 9.46. The summed E-state index contributed by atoms with van der Waals surface area (Å²) in [4.78, 5) is 7.14. The van der Waals surface area contributed by atoms with Crippen molar-refractivity contribution in [2.45, 2.75) is 267 Å². The molecule has 0 bridgehead atoms. The topological polar surface area (TPSA) is 6.48 Å². The van der Waals surface area contributed by atoms with E-state index in [-0.39, 0.29) is 0 Å². The maximum absolute atomic E-state index is 3.57. The largest absolute Gasteiger partial charge is 0.294 e. The zero-order chi connectivity index (χ0) is 38.2. The van der Waals surface area contributed by atoms with E-state index in [4.69, 9.17) is 0 Å². The van der Waals surface area contributed by atoms with Gasteiger partial charge in [-0.25, -0.2) is 0 Å². The molecule has 12 saturated carbocycles. The van der Waals surface area contributed by atoms with E-state index >= 15 is 0 Å². The van der Waals surface area contributed by atoms with Gasteiger partial charge in [-0.2, -0.15) is 0 Å². The molecule has 18 unspecified atom stereocenters. The Hall–Kier alpha value is -0.0800. The van der Waals surface area contributed by atoms with Gasteiger partial charge in [-0.05, 0) is 211 Å². The molecule has 18 atom stereocenters. The van der Waals surface area contributed by atoms with E-state index in [1.54, 1.807) is 193 Å². The summed E-state index contributed by atoms with van der Waals surface area (Å²) in [6.07, 6.45) is 56.8. The number of rotatable bonds is 6. The van der Waals surface area contributed by atoms with Gasteiger partial charge in [-0.15, -0.1) is 0 Å². The van der Waals surface area contributed by atoms with Crippen molar-refractivity contribution in [3.05, 3.63) is 0 Å². The molecule has 12 rings (SSSR count). The Balaban J connectivity index is 0.871. The fourth-order valence-corrected chi connectivity index (χ4v) is 21.6. The molecule has 0 N–H and O–H groups in total. The van der Waals surface area contributed by atoms with Crippen LogP contribution in [0.5, 0.6) is 0 Å². The molecule has 2 heteroatoms. The van der Waals surface area contributed by atoms with Crippen LogP contribution in [0.4, 0.5) is 0 Å². The van der Waals surface area contributed by atoms with E-state index in [0.29, 0.717) is 0 Å². The molecule has 12 aliphatic rings.